The lowest BCUT2D eigenvalue weighted by atomic mass is 10.2. The molecule has 2 aromatic carbocycles. The predicted molar refractivity (Wildman–Crippen MR) is 83.3 cm³/mol. The minimum absolute atomic E-state index is 0.0727. The lowest BCUT2D eigenvalue weighted by Crippen LogP contribution is -2.23. The van der Waals surface area contributed by atoms with E-state index < -0.39 is 0 Å². The third-order valence-electron chi connectivity index (χ3n) is 2.96. The Morgan fingerprint density at radius 3 is 2.18 bits per heavy atom. The molecule has 0 unspecified atom stereocenters. The zero-order valence-electron chi connectivity index (χ0n) is 12.2. The summed E-state index contributed by atoms with van der Waals surface area (Å²) in [7, 11) is 0. The summed E-state index contributed by atoms with van der Waals surface area (Å²) < 4.78 is 0. The van der Waals surface area contributed by atoms with E-state index in [4.69, 9.17) is 0 Å². The highest BCUT2D eigenvalue weighted by molar-refractivity contribution is 6.01. The first kappa shape index (κ1) is 15.4. The molecule has 0 aliphatic rings. The summed E-state index contributed by atoms with van der Waals surface area (Å²) in [6, 6.07) is 10.4. The molecule has 2 aromatic rings. The monoisotopic (exact) mass is 300 g/mol. The Kier molecular flexibility index (Phi) is 4.31. The summed E-state index contributed by atoms with van der Waals surface area (Å²) in [5, 5.41) is 22.0. The molecule has 6 heteroatoms. The Morgan fingerprint density at radius 2 is 1.64 bits per heavy atom. The van der Waals surface area contributed by atoms with Gasteiger partial charge in [0, 0.05) is 25.2 Å². The highest BCUT2D eigenvalue weighted by atomic mass is 16.3. The van der Waals surface area contributed by atoms with E-state index in [0.717, 1.165) is 0 Å². The molecule has 0 saturated carbocycles. The van der Waals surface area contributed by atoms with Crippen molar-refractivity contribution in [1.29, 1.82) is 0 Å². The van der Waals surface area contributed by atoms with Crippen LogP contribution in [0.2, 0.25) is 0 Å². The molecule has 6 nitrogen and oxygen atoms in total. The van der Waals surface area contributed by atoms with Crippen molar-refractivity contribution in [3.05, 3.63) is 42.5 Å². The molecule has 0 aliphatic carbocycles. The fraction of sp³-hybridized carbons (Fsp3) is 0.125. The number of hydrogen-bond acceptors (Lipinski definition) is 4. The smallest absolute Gasteiger partial charge is 0.228 e. The number of aromatic hydroxyl groups is 2. The lowest BCUT2D eigenvalue weighted by Gasteiger charge is -2.23. The van der Waals surface area contributed by atoms with Gasteiger partial charge in [0.25, 0.3) is 0 Å². The van der Waals surface area contributed by atoms with E-state index in [1.165, 1.54) is 49.1 Å². The molecule has 0 fully saturated rings. The van der Waals surface area contributed by atoms with Crippen molar-refractivity contribution in [1.82, 2.24) is 0 Å². The number of benzene rings is 2. The summed E-state index contributed by atoms with van der Waals surface area (Å²) in [5.41, 5.74) is 1.19. The van der Waals surface area contributed by atoms with Gasteiger partial charge in [0.1, 0.15) is 11.5 Å². The Labute approximate surface area is 127 Å². The first-order chi connectivity index (χ1) is 10.4. The minimum atomic E-state index is -0.319. The molecule has 0 heterocycles. The normalized spacial score (nSPS) is 10.1. The van der Waals surface area contributed by atoms with Gasteiger partial charge in [0.05, 0.1) is 5.69 Å². The number of nitrogens with one attached hydrogen (secondary N) is 1. The number of amides is 2. The molecule has 0 bridgehead atoms. The number of phenolic OH excluding ortho intramolecular Hbond substituents is 2. The molecule has 2 amide bonds. The Morgan fingerprint density at radius 1 is 1.00 bits per heavy atom. The molecule has 3 N–H and O–H groups in total. The van der Waals surface area contributed by atoms with Gasteiger partial charge in [-0.15, -0.1) is 0 Å². The van der Waals surface area contributed by atoms with Crippen LogP contribution in [0.3, 0.4) is 0 Å². The van der Waals surface area contributed by atoms with E-state index in [-0.39, 0.29) is 29.0 Å². The van der Waals surface area contributed by atoms with E-state index >= 15 is 0 Å². The van der Waals surface area contributed by atoms with Gasteiger partial charge in [0.15, 0.2) is 0 Å². The molecule has 0 radical (unpaired) electrons. The standard InChI is InChI=1S/C16H16N2O4/c1-10(19)17-12-3-8-16(22)15(9-12)18(11(2)20)13-4-6-14(21)7-5-13/h3-9,21-22H,1-2H3,(H,17,19). The second-order valence-electron chi connectivity index (χ2n) is 4.76. The van der Waals surface area contributed by atoms with Crippen LogP contribution in [-0.2, 0) is 9.59 Å². The van der Waals surface area contributed by atoms with E-state index in [2.05, 4.69) is 5.32 Å². The summed E-state index contributed by atoms with van der Waals surface area (Å²) in [6.07, 6.45) is 0. The second kappa shape index (κ2) is 6.17. The molecule has 0 aromatic heterocycles. The molecular weight excluding hydrogens is 284 g/mol. The second-order valence-corrected chi connectivity index (χ2v) is 4.76. The summed E-state index contributed by atoms with van der Waals surface area (Å²) in [5.74, 6) is -0.600. The van der Waals surface area contributed by atoms with Gasteiger partial charge in [-0.05, 0) is 42.5 Å². The number of rotatable bonds is 3. The van der Waals surface area contributed by atoms with Crippen LogP contribution in [0.15, 0.2) is 42.5 Å². The highest BCUT2D eigenvalue weighted by Crippen LogP contribution is 2.36. The molecular formula is C16H16N2O4. The van der Waals surface area contributed by atoms with Gasteiger partial charge in [0.2, 0.25) is 11.8 Å². The van der Waals surface area contributed by atoms with E-state index in [9.17, 15) is 19.8 Å². The average Bonchev–Trinajstić information content (AvgIpc) is 2.44. The van der Waals surface area contributed by atoms with Crippen molar-refractivity contribution in [3.8, 4) is 11.5 Å². The highest BCUT2D eigenvalue weighted by Gasteiger charge is 2.18. The van der Waals surface area contributed by atoms with Gasteiger partial charge in [-0.25, -0.2) is 0 Å². The number of phenols is 2. The van der Waals surface area contributed by atoms with Crippen LogP contribution in [0.25, 0.3) is 0 Å². The van der Waals surface area contributed by atoms with Gasteiger partial charge in [-0.3, -0.25) is 14.5 Å². The van der Waals surface area contributed by atoms with Crippen LogP contribution < -0.4 is 10.2 Å². The van der Waals surface area contributed by atoms with E-state index in [1.54, 1.807) is 12.1 Å². The number of nitrogens with zero attached hydrogens (tertiary/aromatic N) is 1. The summed E-state index contributed by atoms with van der Waals surface area (Å²) in [4.78, 5) is 24.4. The van der Waals surface area contributed by atoms with Crippen LogP contribution in [0.1, 0.15) is 13.8 Å². The number of hydrogen-bond donors (Lipinski definition) is 3. The molecule has 22 heavy (non-hydrogen) atoms. The van der Waals surface area contributed by atoms with Crippen LogP contribution in [0.5, 0.6) is 11.5 Å². The zero-order valence-corrected chi connectivity index (χ0v) is 12.2. The third-order valence-corrected chi connectivity index (χ3v) is 2.96. The largest absolute Gasteiger partial charge is 0.508 e. The van der Waals surface area contributed by atoms with E-state index in [0.29, 0.717) is 11.4 Å². The predicted octanol–water partition coefficient (Wildman–Crippen LogP) is 2.74. The SMILES string of the molecule is CC(=O)Nc1ccc(O)c(N(C(C)=O)c2ccc(O)cc2)c1. The number of carbonyl (C=O) groups is 2. The topological polar surface area (TPSA) is 89.9 Å². The summed E-state index contributed by atoms with van der Waals surface area (Å²) in [6.45, 7) is 2.73. The van der Waals surface area contributed by atoms with Crippen molar-refractivity contribution < 1.29 is 19.8 Å². The van der Waals surface area contributed by atoms with Gasteiger partial charge < -0.3 is 15.5 Å². The Hall–Kier alpha value is -3.02. The first-order valence-corrected chi connectivity index (χ1v) is 6.59. The van der Waals surface area contributed by atoms with Gasteiger partial charge >= 0.3 is 0 Å². The quantitative estimate of drug-likeness (QED) is 0.760. The molecule has 0 spiro atoms. The van der Waals surface area contributed by atoms with Crippen LogP contribution in [-0.4, -0.2) is 22.0 Å². The first-order valence-electron chi connectivity index (χ1n) is 6.59. The van der Waals surface area contributed by atoms with Crippen LogP contribution in [0.4, 0.5) is 17.1 Å². The molecule has 2 rings (SSSR count). The maximum absolute atomic E-state index is 12.0. The Balaban J connectivity index is 2.50. The van der Waals surface area contributed by atoms with Crippen molar-refractivity contribution in [2.75, 3.05) is 10.2 Å². The lowest BCUT2D eigenvalue weighted by molar-refractivity contribution is -0.116. The van der Waals surface area contributed by atoms with Crippen LogP contribution in [0, 0.1) is 0 Å². The van der Waals surface area contributed by atoms with Crippen molar-refractivity contribution >= 4 is 28.9 Å². The maximum atomic E-state index is 12.0. The van der Waals surface area contributed by atoms with Crippen molar-refractivity contribution in [3.63, 3.8) is 0 Å². The zero-order chi connectivity index (χ0) is 16.3. The number of anilines is 3. The maximum Gasteiger partial charge on any atom is 0.228 e. The minimum Gasteiger partial charge on any atom is -0.508 e. The molecule has 0 atom stereocenters. The van der Waals surface area contributed by atoms with Gasteiger partial charge in [-0.1, -0.05) is 0 Å². The Bertz CT molecular complexity index is 711. The van der Waals surface area contributed by atoms with Gasteiger partial charge in [-0.2, -0.15) is 0 Å². The van der Waals surface area contributed by atoms with E-state index in [1.807, 2.05) is 0 Å². The third kappa shape index (κ3) is 3.35. The molecule has 0 aliphatic heterocycles. The molecule has 114 valence electrons. The van der Waals surface area contributed by atoms with Crippen molar-refractivity contribution in [2.24, 2.45) is 0 Å². The van der Waals surface area contributed by atoms with Crippen LogP contribution >= 0.6 is 0 Å². The number of carbonyl (C=O) groups excluding carboxylic acids is 2. The molecule has 0 saturated heterocycles. The summed E-state index contributed by atoms with van der Waals surface area (Å²) >= 11 is 0. The fourth-order valence-electron chi connectivity index (χ4n) is 2.08. The average molecular weight is 300 g/mol. The fourth-order valence-corrected chi connectivity index (χ4v) is 2.08. The van der Waals surface area contributed by atoms with Crippen molar-refractivity contribution in [2.45, 2.75) is 13.8 Å².